The standard InChI is InChI=1S/C38H46O7/c1-35-27-9-5-7-11-29(27)36(2)31-25-33-34(26-32(31)37(3,38(35,36)4)30-12-8-6-10-28(30)35)45-24-22-43-20-18-41-16-14-39-13-15-40-17-19-42-21-23-44-33/h5-12,25-26H,13-24H2,1-4H3. The maximum Gasteiger partial charge on any atom is 0.161 e. The molecule has 1 heterocycles. The zero-order valence-corrected chi connectivity index (χ0v) is 27.1. The normalized spacial score (nSPS) is 32.1. The molecule has 0 bridgehead atoms. The molecule has 4 aliphatic rings. The fourth-order valence-electron chi connectivity index (χ4n) is 9.28. The van der Waals surface area contributed by atoms with Crippen molar-refractivity contribution in [3.05, 3.63) is 94.0 Å². The molecular weight excluding hydrogens is 568 g/mol. The highest BCUT2D eigenvalue weighted by Crippen LogP contribution is 2.82. The average Bonchev–Trinajstić information content (AvgIpc) is 3.41. The molecule has 3 aromatic rings. The molecule has 3 aliphatic carbocycles. The lowest BCUT2D eigenvalue weighted by Gasteiger charge is -2.49. The summed E-state index contributed by atoms with van der Waals surface area (Å²) in [5, 5.41) is 0. The minimum atomic E-state index is -0.248. The molecule has 0 radical (unpaired) electrons. The van der Waals surface area contributed by atoms with Gasteiger partial charge >= 0.3 is 0 Å². The van der Waals surface area contributed by atoms with Crippen LogP contribution in [0, 0.1) is 5.41 Å². The third kappa shape index (κ3) is 4.35. The van der Waals surface area contributed by atoms with E-state index in [-0.39, 0.29) is 21.7 Å². The molecule has 0 N–H and O–H groups in total. The first-order valence-corrected chi connectivity index (χ1v) is 16.4. The van der Waals surface area contributed by atoms with Crippen LogP contribution in [0.5, 0.6) is 11.5 Å². The van der Waals surface area contributed by atoms with E-state index in [9.17, 15) is 0 Å². The Kier molecular flexibility index (Phi) is 8.20. The Bertz CT molecular complexity index is 1430. The highest BCUT2D eigenvalue weighted by molar-refractivity contribution is 5.77. The van der Waals surface area contributed by atoms with Crippen LogP contribution in [0.3, 0.4) is 0 Å². The SMILES string of the molecule is CC12c3ccccc3C3(C)c4cc5c(cc4C(C)(c4ccccc41)C23C)OCCOCCOCCOCCOCCOCCO5. The van der Waals surface area contributed by atoms with Crippen LogP contribution in [0.2, 0.25) is 0 Å². The van der Waals surface area contributed by atoms with Gasteiger partial charge in [0.1, 0.15) is 13.2 Å². The van der Waals surface area contributed by atoms with Crippen molar-refractivity contribution in [3.63, 3.8) is 0 Å². The first kappa shape index (κ1) is 30.7. The quantitative estimate of drug-likeness (QED) is 0.317. The topological polar surface area (TPSA) is 64.6 Å². The summed E-state index contributed by atoms with van der Waals surface area (Å²) in [7, 11) is 0. The number of rotatable bonds is 0. The molecule has 7 heteroatoms. The molecule has 0 aromatic heterocycles. The summed E-state index contributed by atoms with van der Waals surface area (Å²) in [6.45, 7) is 15.8. The average molecular weight is 615 g/mol. The van der Waals surface area contributed by atoms with Gasteiger partial charge in [0.15, 0.2) is 11.5 Å². The molecule has 240 valence electrons. The second-order valence-electron chi connectivity index (χ2n) is 13.2. The first-order chi connectivity index (χ1) is 21.9. The molecule has 2 atom stereocenters. The Hall–Kier alpha value is -2.94. The van der Waals surface area contributed by atoms with Crippen LogP contribution < -0.4 is 9.47 Å². The zero-order valence-electron chi connectivity index (χ0n) is 27.1. The lowest BCUT2D eigenvalue weighted by atomic mass is 9.52. The minimum Gasteiger partial charge on any atom is -0.487 e. The van der Waals surface area contributed by atoms with E-state index in [0.717, 1.165) is 11.5 Å². The van der Waals surface area contributed by atoms with E-state index in [2.05, 4.69) is 88.4 Å². The Morgan fingerprint density at radius 2 is 0.644 bits per heavy atom. The number of benzene rings is 3. The largest absolute Gasteiger partial charge is 0.487 e. The van der Waals surface area contributed by atoms with Crippen LogP contribution in [-0.2, 0) is 39.9 Å². The van der Waals surface area contributed by atoms with Gasteiger partial charge in [-0.25, -0.2) is 0 Å². The molecule has 0 amide bonds. The van der Waals surface area contributed by atoms with Gasteiger partial charge in [-0.3, -0.25) is 0 Å². The summed E-state index contributed by atoms with van der Waals surface area (Å²) >= 11 is 0. The van der Waals surface area contributed by atoms with Crippen molar-refractivity contribution in [2.24, 2.45) is 5.41 Å². The summed E-state index contributed by atoms with van der Waals surface area (Å²) in [4.78, 5) is 0. The van der Waals surface area contributed by atoms with Crippen molar-refractivity contribution in [1.29, 1.82) is 0 Å². The van der Waals surface area contributed by atoms with Gasteiger partial charge in [0.25, 0.3) is 0 Å². The van der Waals surface area contributed by atoms with Gasteiger partial charge in [-0.15, -0.1) is 0 Å². The monoisotopic (exact) mass is 614 g/mol. The summed E-state index contributed by atoms with van der Waals surface area (Å²) in [5.41, 5.74) is 7.49. The van der Waals surface area contributed by atoms with Crippen molar-refractivity contribution < 1.29 is 33.2 Å². The Labute approximate surface area is 267 Å². The number of ether oxygens (including phenoxy) is 7. The van der Waals surface area contributed by atoms with E-state index in [4.69, 9.17) is 33.2 Å². The Balaban J connectivity index is 1.27. The highest BCUT2D eigenvalue weighted by atomic mass is 16.6. The van der Waals surface area contributed by atoms with Crippen LogP contribution in [0.4, 0.5) is 0 Å². The van der Waals surface area contributed by atoms with Crippen LogP contribution in [0.25, 0.3) is 0 Å². The van der Waals surface area contributed by atoms with E-state index in [1.165, 1.54) is 33.4 Å². The minimum absolute atomic E-state index is 0.154. The van der Waals surface area contributed by atoms with Crippen molar-refractivity contribution >= 4 is 0 Å². The van der Waals surface area contributed by atoms with Crippen molar-refractivity contribution in [3.8, 4) is 11.5 Å². The van der Waals surface area contributed by atoms with Crippen LogP contribution in [0.15, 0.2) is 60.7 Å². The molecule has 2 unspecified atom stereocenters. The summed E-state index contributed by atoms with van der Waals surface area (Å²) in [6.07, 6.45) is 0. The first-order valence-electron chi connectivity index (χ1n) is 16.4. The maximum absolute atomic E-state index is 6.46. The van der Waals surface area contributed by atoms with Crippen LogP contribution in [-0.4, -0.2) is 79.3 Å². The number of hydrogen-bond donors (Lipinski definition) is 0. The smallest absolute Gasteiger partial charge is 0.161 e. The van der Waals surface area contributed by atoms with E-state index in [0.29, 0.717) is 79.3 Å². The molecule has 45 heavy (non-hydrogen) atoms. The summed E-state index contributed by atoms with van der Waals surface area (Å²) in [6, 6.07) is 22.7. The lowest BCUT2D eigenvalue weighted by Crippen LogP contribution is -2.51. The summed E-state index contributed by atoms with van der Waals surface area (Å²) in [5.74, 6) is 1.49. The van der Waals surface area contributed by atoms with Gasteiger partial charge in [0.2, 0.25) is 0 Å². The lowest BCUT2D eigenvalue weighted by molar-refractivity contribution is -0.0134. The van der Waals surface area contributed by atoms with Crippen molar-refractivity contribution in [1.82, 2.24) is 0 Å². The van der Waals surface area contributed by atoms with Crippen LogP contribution in [0.1, 0.15) is 61.1 Å². The molecule has 3 aromatic carbocycles. The van der Waals surface area contributed by atoms with Crippen LogP contribution >= 0.6 is 0 Å². The fourth-order valence-corrected chi connectivity index (χ4v) is 9.28. The summed E-state index contributed by atoms with van der Waals surface area (Å²) < 4.78 is 41.4. The van der Waals surface area contributed by atoms with E-state index < -0.39 is 0 Å². The number of hydrogen-bond acceptors (Lipinski definition) is 7. The van der Waals surface area contributed by atoms with E-state index in [1.54, 1.807) is 0 Å². The molecule has 7 nitrogen and oxygen atoms in total. The second-order valence-corrected chi connectivity index (χ2v) is 13.2. The predicted molar refractivity (Wildman–Crippen MR) is 172 cm³/mol. The van der Waals surface area contributed by atoms with Gasteiger partial charge in [-0.1, -0.05) is 76.2 Å². The maximum atomic E-state index is 6.46. The molecule has 1 aliphatic heterocycles. The third-order valence-corrected chi connectivity index (χ3v) is 11.6. The molecule has 7 rings (SSSR count). The van der Waals surface area contributed by atoms with Gasteiger partial charge in [-0.2, -0.15) is 0 Å². The molecule has 0 saturated heterocycles. The Morgan fingerprint density at radius 1 is 0.378 bits per heavy atom. The van der Waals surface area contributed by atoms with Crippen molar-refractivity contribution in [2.75, 3.05) is 79.3 Å². The van der Waals surface area contributed by atoms with Crippen molar-refractivity contribution in [2.45, 2.75) is 43.9 Å². The molecule has 0 saturated carbocycles. The molecule has 0 spiro atoms. The number of fused-ring (bicyclic) bond motifs is 10. The third-order valence-electron chi connectivity index (χ3n) is 11.6. The van der Waals surface area contributed by atoms with Gasteiger partial charge < -0.3 is 33.2 Å². The second kappa shape index (κ2) is 12.0. The molecular formula is C38H46O7. The Morgan fingerprint density at radius 3 is 0.956 bits per heavy atom. The van der Waals surface area contributed by atoms with E-state index in [1.807, 2.05) is 0 Å². The van der Waals surface area contributed by atoms with Gasteiger partial charge in [-0.05, 0) is 45.5 Å². The zero-order chi connectivity index (χ0) is 31.1. The highest BCUT2D eigenvalue weighted by Gasteiger charge is 2.79. The predicted octanol–water partition coefficient (Wildman–Crippen LogP) is 5.81. The van der Waals surface area contributed by atoms with Gasteiger partial charge in [0.05, 0.1) is 66.1 Å². The molecule has 0 fully saturated rings. The van der Waals surface area contributed by atoms with Gasteiger partial charge in [0, 0.05) is 21.7 Å². The van der Waals surface area contributed by atoms with E-state index >= 15 is 0 Å². The fraction of sp³-hybridized carbons (Fsp3) is 0.526.